The summed E-state index contributed by atoms with van der Waals surface area (Å²) in [6, 6.07) is 10.3. The molecule has 2 heterocycles. The molecule has 0 fully saturated rings. The van der Waals surface area contributed by atoms with E-state index < -0.39 is 23.7 Å². The number of alkyl halides is 3. The van der Waals surface area contributed by atoms with Gasteiger partial charge < -0.3 is 14.8 Å². The van der Waals surface area contributed by atoms with Gasteiger partial charge in [0.1, 0.15) is 12.1 Å². The highest BCUT2D eigenvalue weighted by atomic mass is 19.4. The summed E-state index contributed by atoms with van der Waals surface area (Å²) >= 11 is 0. The molecule has 8 nitrogen and oxygen atoms in total. The molecule has 1 aliphatic heterocycles. The number of rotatable bonds is 5. The maximum atomic E-state index is 12.9. The van der Waals surface area contributed by atoms with Crippen LogP contribution < -0.4 is 15.0 Å². The van der Waals surface area contributed by atoms with Crippen LogP contribution in [0.3, 0.4) is 0 Å². The molecule has 176 valence electrons. The smallest absolute Gasteiger partial charge is 0.416 e. The van der Waals surface area contributed by atoms with Crippen LogP contribution in [-0.4, -0.2) is 35.1 Å². The van der Waals surface area contributed by atoms with Crippen LogP contribution >= 0.6 is 0 Å². The lowest BCUT2D eigenvalue weighted by Crippen LogP contribution is -2.33. The van der Waals surface area contributed by atoms with Crippen molar-refractivity contribution < 1.29 is 32.2 Å². The fraction of sp³-hybridized carbons (Fsp3) is 0.217. The van der Waals surface area contributed by atoms with E-state index in [0.717, 1.165) is 17.7 Å². The zero-order valence-electron chi connectivity index (χ0n) is 17.9. The number of fused-ring (bicyclic) bond motifs is 1. The molecule has 11 heteroatoms. The van der Waals surface area contributed by atoms with E-state index in [-0.39, 0.29) is 23.9 Å². The topological polar surface area (TPSA) is 93.7 Å². The van der Waals surface area contributed by atoms with Crippen molar-refractivity contribution in [3.63, 3.8) is 0 Å². The Balaban J connectivity index is 1.46. The van der Waals surface area contributed by atoms with Crippen LogP contribution in [0, 0.1) is 0 Å². The van der Waals surface area contributed by atoms with Gasteiger partial charge in [-0.2, -0.15) is 13.2 Å². The number of anilines is 2. The second-order valence-corrected chi connectivity index (χ2v) is 7.26. The monoisotopic (exact) mass is 472 g/mol. The van der Waals surface area contributed by atoms with Crippen molar-refractivity contribution in [1.29, 1.82) is 0 Å². The van der Waals surface area contributed by atoms with Crippen molar-refractivity contribution >= 4 is 23.4 Å². The molecular weight excluding hydrogens is 453 g/mol. The van der Waals surface area contributed by atoms with E-state index in [0.29, 0.717) is 24.4 Å². The van der Waals surface area contributed by atoms with Gasteiger partial charge in [-0.15, -0.1) is 0 Å². The molecule has 0 unspecified atom stereocenters. The van der Waals surface area contributed by atoms with E-state index in [9.17, 15) is 22.8 Å². The minimum Gasteiger partial charge on any atom is -0.461 e. The summed E-state index contributed by atoms with van der Waals surface area (Å²) in [4.78, 5) is 33.8. The molecule has 0 bridgehead atoms. The molecule has 0 saturated carbocycles. The Morgan fingerprint density at radius 3 is 2.71 bits per heavy atom. The quantitative estimate of drug-likeness (QED) is 0.522. The van der Waals surface area contributed by atoms with Gasteiger partial charge in [-0.05, 0) is 55.3 Å². The zero-order chi connectivity index (χ0) is 24.3. The first-order chi connectivity index (χ1) is 16.2. The van der Waals surface area contributed by atoms with Crippen LogP contribution in [0.15, 0.2) is 54.9 Å². The summed E-state index contributed by atoms with van der Waals surface area (Å²) in [5, 5.41) is 2.51. The predicted molar refractivity (Wildman–Crippen MR) is 116 cm³/mol. The van der Waals surface area contributed by atoms with Crippen molar-refractivity contribution in [2.24, 2.45) is 0 Å². The lowest BCUT2D eigenvalue weighted by atomic mass is 10.1. The normalized spacial score (nSPS) is 12.8. The fourth-order valence-electron chi connectivity index (χ4n) is 3.45. The van der Waals surface area contributed by atoms with E-state index in [2.05, 4.69) is 15.3 Å². The second kappa shape index (κ2) is 9.38. The van der Waals surface area contributed by atoms with Gasteiger partial charge in [0.15, 0.2) is 5.69 Å². The Kier molecular flexibility index (Phi) is 6.35. The summed E-state index contributed by atoms with van der Waals surface area (Å²) in [5.74, 6) is -0.00586. The molecule has 0 radical (unpaired) electrons. The van der Waals surface area contributed by atoms with Crippen molar-refractivity contribution in [2.45, 2.75) is 19.5 Å². The predicted octanol–water partition coefficient (Wildman–Crippen LogP) is 5.06. The number of nitrogens with zero attached hydrogens (tertiary/aromatic N) is 3. The van der Waals surface area contributed by atoms with Gasteiger partial charge in [-0.1, -0.05) is 6.07 Å². The molecule has 0 aliphatic carbocycles. The number of amides is 2. The van der Waals surface area contributed by atoms with Gasteiger partial charge in [0.2, 0.25) is 5.88 Å². The molecule has 1 aliphatic rings. The number of hydrogen-bond acceptors (Lipinski definition) is 6. The summed E-state index contributed by atoms with van der Waals surface area (Å²) in [5.41, 5.74) is 0.702. The zero-order valence-corrected chi connectivity index (χ0v) is 17.9. The van der Waals surface area contributed by atoms with E-state index in [1.165, 1.54) is 29.4 Å². The third-order valence-electron chi connectivity index (χ3n) is 4.98. The Labute approximate surface area is 192 Å². The van der Waals surface area contributed by atoms with E-state index in [4.69, 9.17) is 9.47 Å². The van der Waals surface area contributed by atoms with Gasteiger partial charge in [0, 0.05) is 24.0 Å². The number of ether oxygens (including phenoxy) is 2. The highest BCUT2D eigenvalue weighted by Crippen LogP contribution is 2.34. The number of aromatic nitrogens is 2. The Bertz CT molecular complexity index is 1230. The maximum absolute atomic E-state index is 12.9. The highest BCUT2D eigenvalue weighted by Gasteiger charge is 2.31. The first kappa shape index (κ1) is 23.0. The van der Waals surface area contributed by atoms with Gasteiger partial charge in [-0.3, -0.25) is 4.90 Å². The summed E-state index contributed by atoms with van der Waals surface area (Å²) < 4.78 is 49.4. The number of urea groups is 1. The Hall–Kier alpha value is -4.15. The van der Waals surface area contributed by atoms with Crippen molar-refractivity contribution in [1.82, 2.24) is 9.97 Å². The van der Waals surface area contributed by atoms with E-state index in [1.807, 2.05) is 0 Å². The molecule has 34 heavy (non-hydrogen) atoms. The number of halogens is 3. The minimum absolute atomic E-state index is 0.0504. The van der Waals surface area contributed by atoms with Crippen LogP contribution in [0.1, 0.15) is 28.5 Å². The maximum Gasteiger partial charge on any atom is 0.416 e. The standard InChI is InChI=1S/C23H19F3N4O4/c1-2-33-21(31)18-12-20(28-13-27-18)34-17-6-7-19-14(10-17)8-9-30(19)22(32)29-16-5-3-4-15(11-16)23(24,25)26/h3-7,10-13H,2,8-9H2,1H3,(H,29,32). The van der Waals surface area contributed by atoms with Crippen LogP contribution in [0.5, 0.6) is 11.6 Å². The number of nitrogens with one attached hydrogen (secondary N) is 1. The lowest BCUT2D eigenvalue weighted by molar-refractivity contribution is -0.137. The third-order valence-corrected chi connectivity index (χ3v) is 4.98. The molecular formula is C23H19F3N4O4. The van der Waals surface area contributed by atoms with Gasteiger partial charge in [-0.25, -0.2) is 19.6 Å². The summed E-state index contributed by atoms with van der Waals surface area (Å²) in [6.45, 7) is 2.25. The summed E-state index contributed by atoms with van der Waals surface area (Å²) in [7, 11) is 0. The van der Waals surface area contributed by atoms with Crippen LogP contribution in [0.2, 0.25) is 0 Å². The number of carbonyl (C=O) groups is 2. The SMILES string of the molecule is CCOC(=O)c1cc(Oc2ccc3c(c2)CCN3C(=O)Nc2cccc(C(F)(F)F)c2)ncn1. The molecule has 1 aromatic heterocycles. The van der Waals surface area contributed by atoms with Crippen LogP contribution in [0.25, 0.3) is 0 Å². The fourth-order valence-corrected chi connectivity index (χ4v) is 3.45. The van der Waals surface area contributed by atoms with Crippen molar-refractivity contribution in [2.75, 3.05) is 23.4 Å². The van der Waals surface area contributed by atoms with Crippen LogP contribution in [-0.2, 0) is 17.3 Å². The average molecular weight is 472 g/mol. The number of benzene rings is 2. The number of carbonyl (C=O) groups excluding carboxylic acids is 2. The first-order valence-corrected chi connectivity index (χ1v) is 10.3. The molecule has 3 aromatic rings. The molecule has 2 aromatic carbocycles. The van der Waals surface area contributed by atoms with Gasteiger partial charge >= 0.3 is 18.2 Å². The number of esters is 1. The molecule has 0 atom stereocenters. The average Bonchev–Trinajstić information content (AvgIpc) is 3.22. The molecule has 0 saturated heterocycles. The molecule has 4 rings (SSSR count). The van der Waals surface area contributed by atoms with Crippen molar-refractivity contribution in [3.05, 3.63) is 71.7 Å². The number of hydrogen-bond donors (Lipinski definition) is 1. The molecule has 2 amide bonds. The molecule has 0 spiro atoms. The highest BCUT2D eigenvalue weighted by molar-refractivity contribution is 6.03. The lowest BCUT2D eigenvalue weighted by Gasteiger charge is -2.19. The summed E-state index contributed by atoms with van der Waals surface area (Å²) in [6.07, 6.45) is -2.78. The first-order valence-electron chi connectivity index (χ1n) is 10.3. The second-order valence-electron chi connectivity index (χ2n) is 7.26. The Morgan fingerprint density at radius 1 is 1.12 bits per heavy atom. The molecule has 1 N–H and O–H groups in total. The van der Waals surface area contributed by atoms with Gasteiger partial charge in [0.25, 0.3) is 0 Å². The largest absolute Gasteiger partial charge is 0.461 e. The van der Waals surface area contributed by atoms with E-state index in [1.54, 1.807) is 25.1 Å². The van der Waals surface area contributed by atoms with Gasteiger partial charge in [0.05, 0.1) is 12.2 Å². The third kappa shape index (κ3) is 5.08. The van der Waals surface area contributed by atoms with E-state index >= 15 is 0 Å². The van der Waals surface area contributed by atoms with Crippen molar-refractivity contribution in [3.8, 4) is 11.6 Å². The van der Waals surface area contributed by atoms with Crippen LogP contribution in [0.4, 0.5) is 29.3 Å². The Morgan fingerprint density at radius 2 is 1.94 bits per heavy atom. The minimum atomic E-state index is -4.50.